The maximum Gasteiger partial charge on any atom is 0.409 e. The van der Waals surface area contributed by atoms with Crippen molar-refractivity contribution in [2.24, 2.45) is 5.73 Å². The van der Waals surface area contributed by atoms with E-state index in [1.807, 2.05) is 0 Å². The van der Waals surface area contributed by atoms with Gasteiger partial charge in [0.1, 0.15) is 0 Å². The summed E-state index contributed by atoms with van der Waals surface area (Å²) in [7, 11) is -3.20. The van der Waals surface area contributed by atoms with Gasteiger partial charge in [0.2, 0.25) is 5.91 Å². The summed E-state index contributed by atoms with van der Waals surface area (Å²) >= 11 is 0. The van der Waals surface area contributed by atoms with Gasteiger partial charge in [0, 0.05) is 26.2 Å². The summed E-state index contributed by atoms with van der Waals surface area (Å²) in [6.07, 6.45) is -0.0493. The molecule has 1 saturated heterocycles. The number of hydrogen-bond acceptors (Lipinski definition) is 7. The summed E-state index contributed by atoms with van der Waals surface area (Å²) in [5.41, 5.74) is 5.96. The van der Waals surface area contributed by atoms with Crippen LogP contribution in [0, 0.1) is 0 Å². The molecule has 0 aromatic rings. The van der Waals surface area contributed by atoms with Crippen LogP contribution in [0.25, 0.3) is 0 Å². The highest BCUT2D eigenvalue weighted by Crippen LogP contribution is 2.48. The number of hydrogen-bond donors (Lipinski definition) is 1. The van der Waals surface area contributed by atoms with Gasteiger partial charge >= 0.3 is 13.7 Å². The predicted octanol–water partition coefficient (Wildman–Crippen LogP) is 1.27. The van der Waals surface area contributed by atoms with Crippen molar-refractivity contribution in [3.8, 4) is 0 Å². The Balaban J connectivity index is 2.46. The van der Waals surface area contributed by atoms with Gasteiger partial charge < -0.3 is 29.3 Å². The fourth-order valence-electron chi connectivity index (χ4n) is 2.54. The maximum absolute atomic E-state index is 12.4. The average Bonchev–Trinajstić information content (AvgIpc) is 2.60. The van der Waals surface area contributed by atoms with Crippen molar-refractivity contribution >= 4 is 19.6 Å². The summed E-state index contributed by atoms with van der Waals surface area (Å²) in [4.78, 5) is 27.3. The van der Waals surface area contributed by atoms with Crippen LogP contribution in [-0.4, -0.2) is 80.0 Å². The van der Waals surface area contributed by atoms with Crippen molar-refractivity contribution < 1.29 is 27.9 Å². The van der Waals surface area contributed by atoms with E-state index in [0.29, 0.717) is 32.8 Å². The summed E-state index contributed by atoms with van der Waals surface area (Å²) < 4.78 is 27.8. The molecule has 0 bridgehead atoms. The number of amides is 2. The van der Waals surface area contributed by atoms with Crippen molar-refractivity contribution in [1.82, 2.24) is 9.80 Å². The Morgan fingerprint density at radius 1 is 1.00 bits per heavy atom. The van der Waals surface area contributed by atoms with Crippen LogP contribution in [0.3, 0.4) is 0 Å². The molecular formula is C15H30N3O6P. The molecule has 0 saturated carbocycles. The SMILES string of the molecule is CCOC(=O)N1CCN(C(=O)[C@@H](N)CCP(=O)(OCC)OCC)CC1. The molecule has 2 N–H and O–H groups in total. The number of nitrogens with zero attached hydrogens (tertiary/aromatic N) is 2. The van der Waals surface area contributed by atoms with Crippen LogP contribution in [0.15, 0.2) is 0 Å². The standard InChI is InChI=1S/C15H30N3O6P/c1-4-22-15(20)18-10-8-17(9-11-18)14(19)13(16)7-12-25(21,23-5-2)24-6-3/h13H,4-12,16H2,1-3H3/t13-/m0/s1. The Morgan fingerprint density at radius 3 is 2.00 bits per heavy atom. The summed E-state index contributed by atoms with van der Waals surface area (Å²) in [5.74, 6) is -0.219. The Kier molecular flexibility index (Phi) is 9.42. The highest BCUT2D eigenvalue weighted by atomic mass is 31.2. The molecule has 10 heteroatoms. The molecule has 1 aliphatic heterocycles. The lowest BCUT2D eigenvalue weighted by molar-refractivity contribution is -0.134. The number of carbonyl (C=O) groups is 2. The lowest BCUT2D eigenvalue weighted by Gasteiger charge is -2.35. The first-order valence-electron chi connectivity index (χ1n) is 8.71. The van der Waals surface area contributed by atoms with Crippen molar-refractivity contribution in [2.45, 2.75) is 33.2 Å². The highest BCUT2D eigenvalue weighted by molar-refractivity contribution is 7.53. The lowest BCUT2D eigenvalue weighted by Crippen LogP contribution is -2.54. The molecule has 146 valence electrons. The zero-order chi connectivity index (χ0) is 18.9. The van der Waals surface area contributed by atoms with E-state index in [1.54, 1.807) is 30.6 Å². The zero-order valence-corrected chi connectivity index (χ0v) is 16.2. The van der Waals surface area contributed by atoms with E-state index < -0.39 is 13.6 Å². The monoisotopic (exact) mass is 379 g/mol. The number of nitrogens with two attached hydrogens (primary N) is 1. The van der Waals surface area contributed by atoms with Crippen LogP contribution >= 0.6 is 7.60 Å². The topological polar surface area (TPSA) is 111 Å². The van der Waals surface area contributed by atoms with Gasteiger partial charge in [-0.3, -0.25) is 9.36 Å². The van der Waals surface area contributed by atoms with E-state index in [4.69, 9.17) is 19.5 Å². The molecule has 1 rings (SSSR count). The van der Waals surface area contributed by atoms with Crippen molar-refractivity contribution in [3.63, 3.8) is 0 Å². The molecule has 2 amide bonds. The van der Waals surface area contributed by atoms with Gasteiger partial charge in [-0.1, -0.05) is 0 Å². The highest BCUT2D eigenvalue weighted by Gasteiger charge is 2.30. The molecule has 1 aliphatic rings. The minimum Gasteiger partial charge on any atom is -0.450 e. The average molecular weight is 379 g/mol. The Hall–Kier alpha value is -1.15. The van der Waals surface area contributed by atoms with E-state index in [2.05, 4.69) is 0 Å². The third-order valence-corrected chi connectivity index (χ3v) is 5.91. The smallest absolute Gasteiger partial charge is 0.409 e. The van der Waals surface area contributed by atoms with E-state index >= 15 is 0 Å². The number of carbonyl (C=O) groups excluding carboxylic acids is 2. The van der Waals surface area contributed by atoms with Gasteiger partial charge in [0.15, 0.2) is 0 Å². The Morgan fingerprint density at radius 2 is 1.52 bits per heavy atom. The minimum atomic E-state index is -3.20. The molecular weight excluding hydrogens is 349 g/mol. The van der Waals surface area contributed by atoms with Crippen molar-refractivity contribution in [1.29, 1.82) is 0 Å². The van der Waals surface area contributed by atoms with Gasteiger partial charge in [-0.15, -0.1) is 0 Å². The second-order valence-corrected chi connectivity index (χ2v) is 7.76. The quantitative estimate of drug-likeness (QED) is 0.601. The molecule has 1 heterocycles. The Bertz CT molecular complexity index is 472. The third kappa shape index (κ3) is 6.93. The Labute approximate surface area is 149 Å². The largest absolute Gasteiger partial charge is 0.450 e. The van der Waals surface area contributed by atoms with E-state index in [9.17, 15) is 14.2 Å². The second-order valence-electron chi connectivity index (χ2n) is 5.58. The molecule has 1 atom stereocenters. The van der Waals surface area contributed by atoms with Crippen LogP contribution in [-0.2, 0) is 23.1 Å². The first kappa shape index (κ1) is 21.9. The number of rotatable bonds is 9. The predicted molar refractivity (Wildman–Crippen MR) is 93.5 cm³/mol. The minimum absolute atomic E-state index is 0.102. The van der Waals surface area contributed by atoms with Gasteiger partial charge in [0.25, 0.3) is 0 Å². The zero-order valence-electron chi connectivity index (χ0n) is 15.3. The first-order chi connectivity index (χ1) is 11.9. The molecule has 25 heavy (non-hydrogen) atoms. The molecule has 0 spiro atoms. The molecule has 0 aromatic carbocycles. The fourth-order valence-corrected chi connectivity index (χ4v) is 4.25. The van der Waals surface area contributed by atoms with Gasteiger partial charge in [0.05, 0.1) is 32.0 Å². The van der Waals surface area contributed by atoms with Crippen LogP contribution in [0.4, 0.5) is 4.79 Å². The van der Waals surface area contributed by atoms with E-state index in [-0.39, 0.29) is 37.8 Å². The summed E-state index contributed by atoms with van der Waals surface area (Å²) in [5, 5.41) is 0. The van der Waals surface area contributed by atoms with Gasteiger partial charge in [-0.2, -0.15) is 0 Å². The molecule has 1 fully saturated rings. The van der Waals surface area contributed by atoms with Gasteiger partial charge in [-0.05, 0) is 27.2 Å². The summed E-state index contributed by atoms with van der Waals surface area (Å²) in [6.45, 7) is 7.72. The molecule has 0 aliphatic carbocycles. The lowest BCUT2D eigenvalue weighted by atomic mass is 10.2. The summed E-state index contributed by atoms with van der Waals surface area (Å²) in [6, 6.07) is -0.775. The van der Waals surface area contributed by atoms with E-state index in [0.717, 1.165) is 0 Å². The maximum atomic E-state index is 12.4. The van der Waals surface area contributed by atoms with Crippen molar-refractivity contribution in [3.05, 3.63) is 0 Å². The molecule has 0 unspecified atom stereocenters. The van der Waals surface area contributed by atoms with Crippen molar-refractivity contribution in [2.75, 3.05) is 52.2 Å². The third-order valence-electron chi connectivity index (χ3n) is 3.80. The molecule has 9 nitrogen and oxygen atoms in total. The molecule has 0 aromatic heterocycles. The number of ether oxygens (including phenoxy) is 1. The van der Waals surface area contributed by atoms with Crippen LogP contribution < -0.4 is 5.73 Å². The van der Waals surface area contributed by atoms with Crippen LogP contribution in [0.5, 0.6) is 0 Å². The van der Waals surface area contributed by atoms with E-state index in [1.165, 1.54) is 0 Å². The second kappa shape index (κ2) is 10.8. The van der Waals surface area contributed by atoms with Crippen LogP contribution in [0.1, 0.15) is 27.2 Å². The first-order valence-corrected chi connectivity index (χ1v) is 10.4. The van der Waals surface area contributed by atoms with Crippen LogP contribution in [0.2, 0.25) is 0 Å². The van der Waals surface area contributed by atoms with Gasteiger partial charge in [-0.25, -0.2) is 4.79 Å². The number of piperazine rings is 1. The normalized spacial score (nSPS) is 16.6. The molecule has 0 radical (unpaired) electrons. The fraction of sp³-hybridized carbons (Fsp3) is 0.867.